The van der Waals surface area contributed by atoms with Crippen LogP contribution >= 0.6 is 35.0 Å². The molecule has 0 atom stereocenters. The van der Waals surface area contributed by atoms with E-state index in [1.807, 2.05) is 6.26 Å². The van der Waals surface area contributed by atoms with Crippen LogP contribution in [0.4, 0.5) is 17.5 Å². The van der Waals surface area contributed by atoms with E-state index in [1.54, 1.807) is 24.3 Å². The average Bonchev–Trinajstić information content (AvgIpc) is 3.06. The number of imidazole rings is 1. The Morgan fingerprint density at radius 2 is 1.89 bits per heavy atom. The zero-order chi connectivity index (χ0) is 19.0. The quantitative estimate of drug-likeness (QED) is 0.333. The van der Waals surface area contributed by atoms with Crippen LogP contribution in [0.25, 0.3) is 22.6 Å². The summed E-state index contributed by atoms with van der Waals surface area (Å²) < 4.78 is 0. The lowest BCUT2D eigenvalue weighted by Crippen LogP contribution is -2.02. The van der Waals surface area contributed by atoms with Gasteiger partial charge in [0.05, 0.1) is 15.6 Å². The highest BCUT2D eigenvalue weighted by Crippen LogP contribution is 2.34. The molecule has 0 saturated heterocycles. The summed E-state index contributed by atoms with van der Waals surface area (Å²) in [6.45, 7) is 0. The molecule has 0 amide bonds. The van der Waals surface area contributed by atoms with E-state index in [-0.39, 0.29) is 0 Å². The van der Waals surface area contributed by atoms with E-state index < -0.39 is 0 Å². The van der Waals surface area contributed by atoms with E-state index >= 15 is 0 Å². The molecule has 1 aromatic carbocycles. The lowest BCUT2D eigenvalue weighted by atomic mass is 10.2. The molecule has 11 heteroatoms. The van der Waals surface area contributed by atoms with E-state index in [4.69, 9.17) is 28.9 Å². The minimum Gasteiger partial charge on any atom is -0.383 e. The fourth-order valence-electron chi connectivity index (χ4n) is 2.49. The van der Waals surface area contributed by atoms with Crippen molar-refractivity contribution in [2.45, 2.75) is 5.16 Å². The van der Waals surface area contributed by atoms with Gasteiger partial charge in [0.25, 0.3) is 0 Å². The van der Waals surface area contributed by atoms with E-state index in [9.17, 15) is 0 Å². The number of anilines is 3. The zero-order valence-electron chi connectivity index (χ0n) is 13.9. The van der Waals surface area contributed by atoms with Crippen molar-refractivity contribution in [1.29, 1.82) is 0 Å². The summed E-state index contributed by atoms with van der Waals surface area (Å²) in [6, 6.07) is 6.88. The molecule has 0 radical (unpaired) electrons. The number of H-pyrrole nitrogens is 1. The topological polar surface area (TPSA) is 118 Å². The minimum atomic E-state index is 0.357. The van der Waals surface area contributed by atoms with Gasteiger partial charge < -0.3 is 16.0 Å². The standard InChI is InChI=1S/C16H12Cl2N8S/c1-27-16-22-9(19)5-10(24-16)23-14-12-15(21-6-20-14)26-13(25-12)11-7(17)3-2-4-8(11)18/h2-6H,1H3,(H4,19,20,21,22,23,24,25,26). The van der Waals surface area contributed by atoms with Crippen molar-refractivity contribution in [2.75, 3.05) is 17.3 Å². The van der Waals surface area contributed by atoms with Crippen molar-refractivity contribution in [3.8, 4) is 11.4 Å². The maximum atomic E-state index is 6.28. The van der Waals surface area contributed by atoms with Gasteiger partial charge in [0.15, 0.2) is 16.6 Å². The number of hydrogen-bond donors (Lipinski definition) is 3. The first-order valence-electron chi connectivity index (χ1n) is 7.66. The number of aromatic nitrogens is 6. The van der Waals surface area contributed by atoms with Gasteiger partial charge in [-0.2, -0.15) is 0 Å². The summed E-state index contributed by atoms with van der Waals surface area (Å²) in [5.74, 6) is 1.86. The van der Waals surface area contributed by atoms with Crippen molar-refractivity contribution < 1.29 is 0 Å². The van der Waals surface area contributed by atoms with Gasteiger partial charge >= 0.3 is 0 Å². The van der Waals surface area contributed by atoms with E-state index in [2.05, 4.69) is 35.2 Å². The lowest BCUT2D eigenvalue weighted by molar-refractivity contribution is 0.982. The number of aromatic amines is 1. The monoisotopic (exact) mass is 418 g/mol. The fourth-order valence-corrected chi connectivity index (χ4v) is 3.45. The van der Waals surface area contributed by atoms with E-state index in [1.165, 1.54) is 18.1 Å². The molecular formula is C16H12Cl2N8S. The third-order valence-electron chi connectivity index (χ3n) is 3.64. The van der Waals surface area contributed by atoms with Crippen molar-refractivity contribution >= 4 is 63.6 Å². The van der Waals surface area contributed by atoms with Crippen LogP contribution in [0.15, 0.2) is 35.7 Å². The Bertz CT molecular complexity index is 1130. The molecule has 4 rings (SSSR count). The molecule has 0 saturated carbocycles. The first-order valence-corrected chi connectivity index (χ1v) is 9.64. The second-order valence-electron chi connectivity index (χ2n) is 5.39. The van der Waals surface area contributed by atoms with Crippen LogP contribution in [0.5, 0.6) is 0 Å². The highest BCUT2D eigenvalue weighted by atomic mass is 35.5. The number of hydrogen-bond acceptors (Lipinski definition) is 8. The van der Waals surface area contributed by atoms with Crippen LogP contribution in [0.1, 0.15) is 0 Å². The third-order valence-corrected chi connectivity index (χ3v) is 4.82. The van der Waals surface area contributed by atoms with E-state index in [0.717, 1.165) is 0 Å². The molecule has 0 unspecified atom stereocenters. The van der Waals surface area contributed by atoms with Gasteiger partial charge in [0.1, 0.15) is 29.3 Å². The lowest BCUT2D eigenvalue weighted by Gasteiger charge is -2.07. The SMILES string of the molecule is CSc1nc(N)cc(Nc2ncnc3nc(-c4c(Cl)cccc4Cl)[nH]c23)n1. The van der Waals surface area contributed by atoms with Crippen molar-refractivity contribution in [1.82, 2.24) is 29.9 Å². The molecule has 3 aromatic heterocycles. The Balaban J connectivity index is 1.79. The molecule has 0 aliphatic heterocycles. The van der Waals surface area contributed by atoms with Gasteiger partial charge in [-0.1, -0.05) is 41.0 Å². The first-order chi connectivity index (χ1) is 13.0. The Labute approximate surface area is 168 Å². The number of fused-ring (bicyclic) bond motifs is 1. The zero-order valence-corrected chi connectivity index (χ0v) is 16.2. The van der Waals surface area contributed by atoms with Crippen LogP contribution < -0.4 is 11.1 Å². The van der Waals surface area contributed by atoms with Crippen LogP contribution in [0, 0.1) is 0 Å². The molecule has 8 nitrogen and oxygen atoms in total. The molecule has 3 heterocycles. The summed E-state index contributed by atoms with van der Waals surface area (Å²) in [5.41, 5.74) is 7.48. The summed E-state index contributed by atoms with van der Waals surface area (Å²) in [7, 11) is 0. The number of nitrogens with zero attached hydrogens (tertiary/aromatic N) is 5. The minimum absolute atomic E-state index is 0.357. The smallest absolute Gasteiger partial charge is 0.191 e. The molecule has 0 aliphatic carbocycles. The second-order valence-corrected chi connectivity index (χ2v) is 6.98. The van der Waals surface area contributed by atoms with Crippen LogP contribution in [-0.4, -0.2) is 36.2 Å². The van der Waals surface area contributed by atoms with Gasteiger partial charge in [-0.25, -0.2) is 24.9 Å². The molecule has 4 N–H and O–H groups in total. The predicted molar refractivity (Wildman–Crippen MR) is 109 cm³/mol. The van der Waals surface area contributed by atoms with Crippen molar-refractivity contribution in [2.24, 2.45) is 0 Å². The Morgan fingerprint density at radius 3 is 2.63 bits per heavy atom. The molecule has 4 aromatic rings. The maximum absolute atomic E-state index is 6.28. The third kappa shape index (κ3) is 3.48. The highest BCUT2D eigenvalue weighted by molar-refractivity contribution is 7.98. The molecule has 0 fully saturated rings. The highest BCUT2D eigenvalue weighted by Gasteiger charge is 2.16. The summed E-state index contributed by atoms with van der Waals surface area (Å²) in [4.78, 5) is 24.6. The summed E-state index contributed by atoms with van der Waals surface area (Å²) in [6.07, 6.45) is 3.28. The number of nitrogens with two attached hydrogens (primary N) is 1. The fraction of sp³-hybridized carbons (Fsp3) is 0.0625. The average molecular weight is 419 g/mol. The molecule has 0 bridgehead atoms. The number of halogens is 2. The molecule has 136 valence electrons. The predicted octanol–water partition coefficient (Wildman–Crippen LogP) is 4.16. The maximum Gasteiger partial charge on any atom is 0.191 e. The van der Waals surface area contributed by atoms with Gasteiger partial charge in [-0.3, -0.25) is 0 Å². The summed E-state index contributed by atoms with van der Waals surface area (Å²) in [5, 5.41) is 4.64. The van der Waals surface area contributed by atoms with Crippen molar-refractivity contribution in [3.63, 3.8) is 0 Å². The van der Waals surface area contributed by atoms with Gasteiger partial charge in [0, 0.05) is 6.07 Å². The van der Waals surface area contributed by atoms with Crippen molar-refractivity contribution in [3.05, 3.63) is 40.6 Å². The normalized spacial score (nSPS) is 11.1. The Kier molecular flexibility index (Phi) is 4.73. The number of nitrogen functional groups attached to an aromatic ring is 1. The first kappa shape index (κ1) is 17.8. The number of rotatable bonds is 4. The van der Waals surface area contributed by atoms with Crippen LogP contribution in [0.3, 0.4) is 0 Å². The molecule has 27 heavy (non-hydrogen) atoms. The van der Waals surface area contributed by atoms with E-state index in [0.29, 0.717) is 55.2 Å². The Hall–Kier alpha value is -2.62. The van der Waals surface area contributed by atoms with Gasteiger partial charge in [0.2, 0.25) is 0 Å². The molecule has 0 spiro atoms. The number of benzene rings is 1. The largest absolute Gasteiger partial charge is 0.383 e. The summed E-state index contributed by atoms with van der Waals surface area (Å²) >= 11 is 14.0. The molecule has 0 aliphatic rings. The van der Waals surface area contributed by atoms with Gasteiger partial charge in [-0.05, 0) is 18.4 Å². The van der Waals surface area contributed by atoms with Gasteiger partial charge in [-0.15, -0.1) is 0 Å². The Morgan fingerprint density at radius 1 is 1.11 bits per heavy atom. The number of nitrogens with one attached hydrogen (secondary N) is 2. The van der Waals surface area contributed by atoms with Crippen LogP contribution in [0.2, 0.25) is 10.0 Å². The molecular weight excluding hydrogens is 407 g/mol. The number of thioether (sulfide) groups is 1. The van der Waals surface area contributed by atoms with Crippen LogP contribution in [-0.2, 0) is 0 Å². The second kappa shape index (κ2) is 7.18.